The third-order valence-corrected chi connectivity index (χ3v) is 6.21. The first-order valence-electron chi connectivity index (χ1n) is 8.78. The average Bonchev–Trinajstić information content (AvgIpc) is 3.26. The molecule has 1 aromatic rings. The molecule has 124 valence electrons. The molecule has 3 aliphatic carbocycles. The van der Waals surface area contributed by atoms with Crippen molar-refractivity contribution in [3.8, 4) is 5.88 Å². The number of nitrogens with one attached hydrogen (secondary N) is 2. The van der Waals surface area contributed by atoms with E-state index in [9.17, 15) is 4.79 Å². The molecule has 3 aliphatic rings. The molecule has 1 aromatic heterocycles. The number of hydrogen-bond acceptors (Lipinski definition) is 3. The number of amides is 2. The fourth-order valence-electron chi connectivity index (χ4n) is 5.31. The lowest BCUT2D eigenvalue weighted by molar-refractivity contribution is 0.197. The molecule has 3 saturated carbocycles. The Morgan fingerprint density at radius 3 is 3.04 bits per heavy atom. The molecular formula is C18H25N3O2. The maximum absolute atomic E-state index is 12.2. The van der Waals surface area contributed by atoms with Crippen molar-refractivity contribution in [3.05, 3.63) is 23.9 Å². The minimum atomic E-state index is -0.0483. The Labute approximate surface area is 137 Å². The third-order valence-electron chi connectivity index (χ3n) is 6.21. The van der Waals surface area contributed by atoms with E-state index in [0.29, 0.717) is 18.5 Å². The van der Waals surface area contributed by atoms with Gasteiger partial charge in [-0.3, -0.25) is 0 Å². The first-order chi connectivity index (χ1) is 11.2. The van der Waals surface area contributed by atoms with Crippen LogP contribution in [-0.4, -0.2) is 24.2 Å². The molecule has 5 heteroatoms. The highest BCUT2D eigenvalue weighted by Crippen LogP contribution is 2.58. The van der Waals surface area contributed by atoms with E-state index in [4.69, 9.17) is 4.74 Å². The molecule has 0 saturated heterocycles. The van der Waals surface area contributed by atoms with Crippen LogP contribution in [0.1, 0.15) is 37.7 Å². The van der Waals surface area contributed by atoms with Crippen LogP contribution < -0.4 is 15.4 Å². The average molecular weight is 315 g/mol. The van der Waals surface area contributed by atoms with Crippen LogP contribution in [0.3, 0.4) is 0 Å². The molecule has 3 fully saturated rings. The Balaban J connectivity index is 1.29. The van der Waals surface area contributed by atoms with Gasteiger partial charge in [0.05, 0.1) is 7.11 Å². The summed E-state index contributed by atoms with van der Waals surface area (Å²) in [5.74, 6) is 4.00. The fraction of sp³-hybridized carbons (Fsp3) is 0.667. The molecular weight excluding hydrogens is 290 g/mol. The van der Waals surface area contributed by atoms with Crippen molar-refractivity contribution in [1.82, 2.24) is 15.6 Å². The standard InChI is InChI=1S/C18H25N3O2/c1-23-17-7-11(5-6-19-17)10-20-18(22)21-16-9-12-8-15(16)14-4-2-3-13(12)14/h5-7,12-16H,2-4,8-10H2,1H3,(H2,20,21,22)/t12-,13-,14-,15+,16-/m1/s1. The second-order valence-corrected chi connectivity index (χ2v) is 7.29. The van der Waals surface area contributed by atoms with Gasteiger partial charge in [0.2, 0.25) is 5.88 Å². The van der Waals surface area contributed by atoms with Gasteiger partial charge in [-0.05, 0) is 61.0 Å². The molecule has 2 N–H and O–H groups in total. The SMILES string of the molecule is COc1cc(CNC(=O)N[C@@H]2C[C@H]3C[C@H]2[C@@H]2CCC[C@H]32)ccn1. The molecule has 0 spiro atoms. The van der Waals surface area contributed by atoms with Crippen LogP contribution in [0.15, 0.2) is 18.3 Å². The van der Waals surface area contributed by atoms with E-state index in [1.54, 1.807) is 13.3 Å². The largest absolute Gasteiger partial charge is 0.481 e. The second-order valence-electron chi connectivity index (χ2n) is 7.29. The number of aromatic nitrogens is 1. The zero-order chi connectivity index (χ0) is 15.8. The van der Waals surface area contributed by atoms with Gasteiger partial charge in [0.25, 0.3) is 0 Å². The van der Waals surface area contributed by atoms with Gasteiger partial charge in [0, 0.05) is 24.8 Å². The van der Waals surface area contributed by atoms with Gasteiger partial charge in [-0.25, -0.2) is 9.78 Å². The molecule has 4 rings (SSSR count). The summed E-state index contributed by atoms with van der Waals surface area (Å²) < 4.78 is 5.10. The zero-order valence-corrected chi connectivity index (χ0v) is 13.6. The van der Waals surface area contributed by atoms with Crippen molar-refractivity contribution in [1.29, 1.82) is 0 Å². The van der Waals surface area contributed by atoms with Gasteiger partial charge in [-0.15, -0.1) is 0 Å². The normalized spacial score (nSPS) is 34.2. The fourth-order valence-corrected chi connectivity index (χ4v) is 5.31. The van der Waals surface area contributed by atoms with E-state index in [2.05, 4.69) is 15.6 Å². The highest BCUT2D eigenvalue weighted by Gasteiger charge is 2.53. The van der Waals surface area contributed by atoms with Gasteiger partial charge in [-0.1, -0.05) is 6.42 Å². The van der Waals surface area contributed by atoms with Crippen molar-refractivity contribution < 1.29 is 9.53 Å². The number of nitrogens with zero attached hydrogens (tertiary/aromatic N) is 1. The number of rotatable bonds is 4. The van der Waals surface area contributed by atoms with Crippen LogP contribution >= 0.6 is 0 Å². The number of fused-ring (bicyclic) bond motifs is 5. The van der Waals surface area contributed by atoms with Crippen molar-refractivity contribution >= 4 is 6.03 Å². The van der Waals surface area contributed by atoms with Gasteiger partial charge in [-0.2, -0.15) is 0 Å². The van der Waals surface area contributed by atoms with Gasteiger partial charge < -0.3 is 15.4 Å². The summed E-state index contributed by atoms with van der Waals surface area (Å²) in [6.45, 7) is 0.498. The molecule has 2 amide bonds. The highest BCUT2D eigenvalue weighted by atomic mass is 16.5. The summed E-state index contributed by atoms with van der Waals surface area (Å²) in [5, 5.41) is 6.19. The summed E-state index contributed by atoms with van der Waals surface area (Å²) in [7, 11) is 1.59. The van der Waals surface area contributed by atoms with Crippen molar-refractivity contribution in [2.45, 2.75) is 44.7 Å². The first-order valence-corrected chi connectivity index (χ1v) is 8.78. The molecule has 2 bridgehead atoms. The Morgan fingerprint density at radius 1 is 1.30 bits per heavy atom. The topological polar surface area (TPSA) is 63.2 Å². The van der Waals surface area contributed by atoms with E-state index in [0.717, 1.165) is 29.2 Å². The Morgan fingerprint density at radius 2 is 2.17 bits per heavy atom. The molecule has 5 atom stereocenters. The Hall–Kier alpha value is -1.78. The number of ether oxygens (including phenoxy) is 1. The van der Waals surface area contributed by atoms with E-state index in [1.807, 2.05) is 12.1 Å². The Kier molecular flexibility index (Phi) is 3.87. The summed E-state index contributed by atoms with van der Waals surface area (Å²) in [4.78, 5) is 16.3. The maximum Gasteiger partial charge on any atom is 0.315 e. The van der Waals surface area contributed by atoms with Crippen LogP contribution in [0.4, 0.5) is 4.79 Å². The minimum Gasteiger partial charge on any atom is -0.481 e. The first kappa shape index (κ1) is 14.8. The predicted molar refractivity (Wildman–Crippen MR) is 87.0 cm³/mol. The molecule has 0 unspecified atom stereocenters. The van der Waals surface area contributed by atoms with Gasteiger partial charge in [0.1, 0.15) is 0 Å². The van der Waals surface area contributed by atoms with E-state index in [-0.39, 0.29) is 6.03 Å². The maximum atomic E-state index is 12.2. The quantitative estimate of drug-likeness (QED) is 0.898. The number of carbonyl (C=O) groups excluding carboxylic acids is 1. The molecule has 0 aromatic carbocycles. The second kappa shape index (κ2) is 6.02. The number of methoxy groups -OCH3 is 1. The van der Waals surface area contributed by atoms with Crippen LogP contribution in [-0.2, 0) is 6.54 Å². The zero-order valence-electron chi connectivity index (χ0n) is 13.6. The molecule has 5 nitrogen and oxygen atoms in total. The smallest absolute Gasteiger partial charge is 0.315 e. The predicted octanol–water partition coefficient (Wildman–Crippen LogP) is 2.71. The lowest BCUT2D eigenvalue weighted by Crippen LogP contribution is -2.46. The number of pyridine rings is 1. The van der Waals surface area contributed by atoms with Crippen LogP contribution in [0.5, 0.6) is 5.88 Å². The summed E-state index contributed by atoms with van der Waals surface area (Å²) >= 11 is 0. The van der Waals surface area contributed by atoms with Gasteiger partial charge >= 0.3 is 6.03 Å². The van der Waals surface area contributed by atoms with Crippen molar-refractivity contribution in [2.24, 2.45) is 23.7 Å². The number of hydrogen-bond donors (Lipinski definition) is 2. The molecule has 0 radical (unpaired) electrons. The molecule has 0 aliphatic heterocycles. The number of carbonyl (C=O) groups is 1. The molecule has 1 heterocycles. The van der Waals surface area contributed by atoms with Crippen LogP contribution in [0.2, 0.25) is 0 Å². The monoisotopic (exact) mass is 315 g/mol. The van der Waals surface area contributed by atoms with E-state index in [1.165, 1.54) is 32.1 Å². The minimum absolute atomic E-state index is 0.0483. The summed E-state index contributed by atoms with van der Waals surface area (Å²) in [6.07, 6.45) is 8.41. The summed E-state index contributed by atoms with van der Waals surface area (Å²) in [5.41, 5.74) is 0.996. The number of urea groups is 1. The lowest BCUT2D eigenvalue weighted by Gasteiger charge is -2.32. The third kappa shape index (κ3) is 2.77. The van der Waals surface area contributed by atoms with E-state index >= 15 is 0 Å². The van der Waals surface area contributed by atoms with Crippen molar-refractivity contribution in [2.75, 3.05) is 7.11 Å². The Bertz CT molecular complexity index is 591. The van der Waals surface area contributed by atoms with Crippen LogP contribution in [0, 0.1) is 23.7 Å². The van der Waals surface area contributed by atoms with E-state index < -0.39 is 0 Å². The molecule has 23 heavy (non-hydrogen) atoms. The van der Waals surface area contributed by atoms with Crippen molar-refractivity contribution in [3.63, 3.8) is 0 Å². The lowest BCUT2D eigenvalue weighted by atomic mass is 9.79. The van der Waals surface area contributed by atoms with Crippen LogP contribution in [0.25, 0.3) is 0 Å². The highest BCUT2D eigenvalue weighted by molar-refractivity contribution is 5.74. The summed E-state index contributed by atoms with van der Waals surface area (Å²) in [6, 6.07) is 4.07. The van der Waals surface area contributed by atoms with Gasteiger partial charge in [0.15, 0.2) is 0 Å².